The van der Waals surface area contributed by atoms with Crippen LogP contribution in [-0.4, -0.2) is 46.1 Å². The monoisotopic (exact) mass is 668 g/mol. The zero-order chi connectivity index (χ0) is 34.5. The van der Waals surface area contributed by atoms with Gasteiger partial charge in [0.2, 0.25) is 5.91 Å². The molecule has 5 heteroatoms. The van der Waals surface area contributed by atoms with Crippen molar-refractivity contribution < 1.29 is 20.1 Å². The number of rotatable bonds is 39. The van der Waals surface area contributed by atoms with E-state index in [1.807, 2.05) is 0 Å². The quantitative estimate of drug-likeness (QED) is 0.0491. The van der Waals surface area contributed by atoms with Crippen molar-refractivity contribution in [2.24, 2.45) is 0 Å². The highest BCUT2D eigenvalue weighted by molar-refractivity contribution is 5.76. The van der Waals surface area contributed by atoms with Gasteiger partial charge in [-0.25, -0.2) is 0 Å². The predicted octanol–water partition coefficient (Wildman–Crippen LogP) is 11.9. The van der Waals surface area contributed by atoms with E-state index in [1.54, 1.807) is 0 Å². The second kappa shape index (κ2) is 38.2. The van der Waals surface area contributed by atoms with E-state index in [1.165, 1.54) is 180 Å². The summed E-state index contributed by atoms with van der Waals surface area (Å²) in [5.74, 6) is -0.140. The Morgan fingerprint density at radius 1 is 0.447 bits per heavy atom. The van der Waals surface area contributed by atoms with E-state index >= 15 is 0 Å². The Morgan fingerprint density at radius 2 is 0.723 bits per heavy atom. The average Bonchev–Trinajstić information content (AvgIpc) is 3.07. The Balaban J connectivity index is 3.57. The van der Waals surface area contributed by atoms with Crippen LogP contribution in [-0.2, 0) is 4.79 Å². The van der Waals surface area contributed by atoms with Gasteiger partial charge in [-0.2, -0.15) is 0 Å². The Hall–Kier alpha value is -0.650. The first-order chi connectivity index (χ1) is 23.1. The molecular formula is C42H85NO4. The number of hydrogen-bond acceptors (Lipinski definition) is 4. The topological polar surface area (TPSA) is 89.8 Å². The molecule has 0 aromatic carbocycles. The summed E-state index contributed by atoms with van der Waals surface area (Å²) in [5.41, 5.74) is 0. The highest BCUT2D eigenvalue weighted by Gasteiger charge is 2.26. The fraction of sp³-hybridized carbons (Fsp3) is 0.976. The Morgan fingerprint density at radius 3 is 1.02 bits per heavy atom. The van der Waals surface area contributed by atoms with Crippen LogP contribution in [0.25, 0.3) is 0 Å². The molecular weight excluding hydrogens is 582 g/mol. The van der Waals surface area contributed by atoms with Crippen LogP contribution in [0, 0.1) is 0 Å². The summed E-state index contributed by atoms with van der Waals surface area (Å²) in [5, 5.41) is 33.5. The summed E-state index contributed by atoms with van der Waals surface area (Å²) < 4.78 is 0. The molecule has 0 saturated heterocycles. The molecule has 282 valence electrons. The first-order valence-corrected chi connectivity index (χ1v) is 21.3. The molecule has 5 nitrogen and oxygen atoms in total. The number of amides is 1. The van der Waals surface area contributed by atoms with Gasteiger partial charge in [-0.3, -0.25) is 4.79 Å². The maximum Gasteiger partial charge on any atom is 0.220 e. The van der Waals surface area contributed by atoms with Crippen molar-refractivity contribution in [3.8, 4) is 0 Å². The van der Waals surface area contributed by atoms with Gasteiger partial charge in [0.25, 0.3) is 0 Å². The molecule has 3 unspecified atom stereocenters. The van der Waals surface area contributed by atoms with E-state index in [0.717, 1.165) is 32.1 Å². The molecule has 0 radical (unpaired) electrons. The van der Waals surface area contributed by atoms with Crippen LogP contribution in [0.2, 0.25) is 0 Å². The second-order valence-electron chi connectivity index (χ2n) is 14.9. The lowest BCUT2D eigenvalue weighted by molar-refractivity contribution is -0.124. The number of aliphatic hydroxyl groups excluding tert-OH is 3. The van der Waals surface area contributed by atoms with Crippen molar-refractivity contribution in [2.75, 3.05) is 6.61 Å². The first kappa shape index (κ1) is 46.4. The van der Waals surface area contributed by atoms with Crippen molar-refractivity contribution in [1.29, 1.82) is 0 Å². The molecule has 1 amide bonds. The van der Waals surface area contributed by atoms with Gasteiger partial charge < -0.3 is 20.6 Å². The molecule has 3 atom stereocenters. The predicted molar refractivity (Wildman–Crippen MR) is 204 cm³/mol. The van der Waals surface area contributed by atoms with Crippen molar-refractivity contribution in [2.45, 2.75) is 257 Å². The lowest BCUT2D eigenvalue weighted by Gasteiger charge is -2.26. The van der Waals surface area contributed by atoms with E-state index in [2.05, 4.69) is 19.2 Å². The summed E-state index contributed by atoms with van der Waals surface area (Å²) >= 11 is 0. The Kier molecular flexibility index (Phi) is 37.6. The lowest BCUT2D eigenvalue weighted by atomic mass is 9.99. The summed E-state index contributed by atoms with van der Waals surface area (Å²) in [7, 11) is 0. The average molecular weight is 668 g/mol. The summed E-state index contributed by atoms with van der Waals surface area (Å²) in [6.45, 7) is 4.19. The molecule has 0 saturated carbocycles. The largest absolute Gasteiger partial charge is 0.394 e. The van der Waals surface area contributed by atoms with Crippen LogP contribution in [0.15, 0.2) is 0 Å². The fourth-order valence-electron chi connectivity index (χ4n) is 6.87. The molecule has 0 aliphatic rings. The Bertz CT molecular complexity index is 615. The van der Waals surface area contributed by atoms with Crippen molar-refractivity contribution in [1.82, 2.24) is 5.32 Å². The molecule has 47 heavy (non-hydrogen) atoms. The van der Waals surface area contributed by atoms with E-state index < -0.39 is 18.2 Å². The minimum absolute atomic E-state index is 0.140. The van der Waals surface area contributed by atoms with Crippen LogP contribution in [0.5, 0.6) is 0 Å². The maximum atomic E-state index is 12.4. The van der Waals surface area contributed by atoms with Crippen LogP contribution < -0.4 is 5.32 Å². The number of nitrogens with one attached hydrogen (secondary N) is 1. The molecule has 0 spiro atoms. The molecule has 0 rings (SSSR count). The van der Waals surface area contributed by atoms with Crippen molar-refractivity contribution in [3.05, 3.63) is 0 Å². The fourth-order valence-corrected chi connectivity index (χ4v) is 6.87. The highest BCUT2D eigenvalue weighted by Crippen LogP contribution is 2.17. The molecule has 0 heterocycles. The Labute approximate surface area is 294 Å². The van der Waals surface area contributed by atoms with Gasteiger partial charge in [0.05, 0.1) is 18.8 Å². The normalized spacial score (nSPS) is 13.6. The third-order valence-electron chi connectivity index (χ3n) is 10.2. The van der Waals surface area contributed by atoms with E-state index in [9.17, 15) is 20.1 Å². The smallest absolute Gasteiger partial charge is 0.220 e. The molecule has 0 aliphatic heterocycles. The van der Waals surface area contributed by atoms with Crippen LogP contribution >= 0.6 is 0 Å². The lowest BCUT2D eigenvalue weighted by Crippen LogP contribution is -2.50. The second-order valence-corrected chi connectivity index (χ2v) is 14.9. The van der Waals surface area contributed by atoms with Gasteiger partial charge in [0.1, 0.15) is 6.10 Å². The van der Waals surface area contributed by atoms with E-state index in [-0.39, 0.29) is 12.5 Å². The number of aliphatic hydroxyl groups is 3. The first-order valence-electron chi connectivity index (χ1n) is 21.3. The van der Waals surface area contributed by atoms with Gasteiger partial charge in [-0.1, -0.05) is 219 Å². The molecule has 0 fully saturated rings. The maximum absolute atomic E-state index is 12.4. The molecule has 0 aliphatic carbocycles. The number of carbonyl (C=O) groups excluding carboxylic acids is 1. The van der Waals surface area contributed by atoms with Crippen LogP contribution in [0.4, 0.5) is 0 Å². The minimum Gasteiger partial charge on any atom is -0.394 e. The molecule has 0 aromatic rings. The van der Waals surface area contributed by atoms with E-state index in [4.69, 9.17) is 0 Å². The van der Waals surface area contributed by atoms with Crippen molar-refractivity contribution in [3.63, 3.8) is 0 Å². The summed E-state index contributed by atoms with van der Waals surface area (Å²) in [4.78, 5) is 12.4. The number of carbonyl (C=O) groups is 1. The third kappa shape index (κ3) is 33.6. The minimum atomic E-state index is -1.13. The van der Waals surface area contributed by atoms with Crippen LogP contribution in [0.3, 0.4) is 0 Å². The third-order valence-corrected chi connectivity index (χ3v) is 10.2. The van der Waals surface area contributed by atoms with Gasteiger partial charge in [-0.15, -0.1) is 0 Å². The standard InChI is InChI=1S/C42H85NO4/c1-3-5-7-9-11-13-15-17-18-19-20-21-22-23-25-27-29-31-33-35-37-41(46)43-39(38-44)42(47)40(45)36-34-32-30-28-26-24-16-14-12-10-8-6-4-2/h39-40,42,44-45,47H,3-38H2,1-2H3,(H,43,46). The van der Waals surface area contributed by atoms with Crippen LogP contribution in [0.1, 0.15) is 239 Å². The van der Waals surface area contributed by atoms with Gasteiger partial charge in [0, 0.05) is 6.42 Å². The zero-order valence-electron chi connectivity index (χ0n) is 31.9. The number of hydrogen-bond donors (Lipinski definition) is 4. The molecule has 0 bridgehead atoms. The zero-order valence-corrected chi connectivity index (χ0v) is 31.9. The number of unbranched alkanes of at least 4 members (excludes halogenated alkanes) is 31. The van der Waals surface area contributed by atoms with Gasteiger partial charge >= 0.3 is 0 Å². The summed E-state index contributed by atoms with van der Waals surface area (Å²) in [6, 6.07) is -0.801. The summed E-state index contributed by atoms with van der Waals surface area (Å²) in [6.07, 6.45) is 42.0. The van der Waals surface area contributed by atoms with Gasteiger partial charge in [-0.05, 0) is 12.8 Å². The molecule has 0 aromatic heterocycles. The van der Waals surface area contributed by atoms with Gasteiger partial charge in [0.15, 0.2) is 0 Å². The van der Waals surface area contributed by atoms with E-state index in [0.29, 0.717) is 12.8 Å². The highest BCUT2D eigenvalue weighted by atomic mass is 16.3. The van der Waals surface area contributed by atoms with Crippen molar-refractivity contribution >= 4 is 5.91 Å². The molecule has 4 N–H and O–H groups in total. The SMILES string of the molecule is CCCCCCCCCCCCCCCCCCCCCCC(=O)NC(CO)C(O)C(O)CCCCCCCCCCCCCCC.